The average Bonchev–Trinajstić information content (AvgIpc) is 2.86. The van der Waals surface area contributed by atoms with Gasteiger partial charge >= 0.3 is 5.97 Å². The molecule has 3 aromatic rings. The van der Waals surface area contributed by atoms with Crippen molar-refractivity contribution in [2.24, 2.45) is 0 Å². The van der Waals surface area contributed by atoms with E-state index in [9.17, 15) is 9.59 Å². The number of nitrogens with zero attached hydrogens (tertiary/aromatic N) is 2. The number of hydrogen-bond donors (Lipinski definition) is 1. The Morgan fingerprint density at radius 3 is 2.23 bits per heavy atom. The lowest BCUT2D eigenvalue weighted by atomic mass is 10.1. The maximum atomic E-state index is 12.7. The minimum Gasteiger partial charge on any atom is -0.494 e. The highest BCUT2D eigenvalue weighted by Crippen LogP contribution is 2.15. The molecule has 7 heteroatoms. The van der Waals surface area contributed by atoms with Crippen molar-refractivity contribution in [1.82, 2.24) is 9.88 Å². The minimum atomic E-state index is -1.04. The molecular weight excluding hydrogens is 464 g/mol. The number of pyridine rings is 1. The number of aliphatic carboxylic acids is 1. The quantitative estimate of drug-likeness (QED) is 0.305. The van der Waals surface area contributed by atoms with Crippen molar-refractivity contribution >= 4 is 24.3 Å². The van der Waals surface area contributed by atoms with Gasteiger partial charge in [0, 0.05) is 12.6 Å². The summed E-state index contributed by atoms with van der Waals surface area (Å²) in [6.07, 6.45) is 6.80. The van der Waals surface area contributed by atoms with Gasteiger partial charge in [0.25, 0.3) is 0 Å². The lowest BCUT2D eigenvalue weighted by molar-refractivity contribution is -0.144. The molecule has 0 unspecified atom stereocenters. The predicted molar refractivity (Wildman–Crippen MR) is 139 cm³/mol. The predicted octanol–water partition coefficient (Wildman–Crippen LogP) is 5.34. The molecule has 35 heavy (non-hydrogen) atoms. The molecule has 1 N–H and O–H groups in total. The first kappa shape index (κ1) is 27.9. The molecule has 6 nitrogen and oxygen atoms in total. The van der Waals surface area contributed by atoms with Crippen LogP contribution >= 0.6 is 12.4 Å². The van der Waals surface area contributed by atoms with Crippen LogP contribution in [0, 0.1) is 0 Å². The van der Waals surface area contributed by atoms with E-state index in [0.717, 1.165) is 37.0 Å². The van der Waals surface area contributed by atoms with Gasteiger partial charge in [-0.15, -0.1) is 12.4 Å². The van der Waals surface area contributed by atoms with Crippen molar-refractivity contribution in [2.45, 2.75) is 45.1 Å². The molecule has 0 saturated heterocycles. The summed E-state index contributed by atoms with van der Waals surface area (Å²) in [7, 11) is 0. The van der Waals surface area contributed by atoms with Crippen molar-refractivity contribution in [3.63, 3.8) is 0 Å². The van der Waals surface area contributed by atoms with E-state index in [1.807, 2.05) is 36.4 Å². The molecule has 0 aliphatic carbocycles. The minimum absolute atomic E-state index is 0. The van der Waals surface area contributed by atoms with Crippen molar-refractivity contribution in [3.8, 4) is 5.75 Å². The number of unbranched alkanes of at least 4 members (excludes halogenated alkanes) is 2. The number of hydrogen-bond acceptors (Lipinski definition) is 4. The molecule has 1 heterocycles. The molecule has 0 aliphatic heterocycles. The number of amides is 1. The molecular formula is C28H33ClN2O4. The van der Waals surface area contributed by atoms with Crippen LogP contribution in [-0.2, 0) is 29.0 Å². The van der Waals surface area contributed by atoms with Crippen LogP contribution in [0.25, 0.3) is 0 Å². The largest absolute Gasteiger partial charge is 0.494 e. The van der Waals surface area contributed by atoms with Crippen LogP contribution in [0.4, 0.5) is 0 Å². The Morgan fingerprint density at radius 1 is 0.829 bits per heavy atom. The Hall–Kier alpha value is -3.38. The number of carboxylic acids is 1. The smallest absolute Gasteiger partial charge is 0.323 e. The standard InChI is InChI=1S/C28H32N2O4.ClH/c31-27(30(22-28(32)33)21-25-12-6-7-19-29-25)18-15-24-13-16-26(17-14-24)34-20-8-2-5-11-23-9-3-1-4-10-23;/h1,3-4,6-7,9-10,12-14,16-17,19H,2,5,8,11,15,18,20-22H2,(H,32,33);1H. The number of carbonyl (C=O) groups is 2. The lowest BCUT2D eigenvalue weighted by Gasteiger charge is -2.20. The molecule has 1 amide bonds. The fourth-order valence-electron chi connectivity index (χ4n) is 3.69. The Morgan fingerprint density at radius 2 is 1.54 bits per heavy atom. The highest BCUT2D eigenvalue weighted by molar-refractivity contribution is 5.85. The van der Waals surface area contributed by atoms with Crippen molar-refractivity contribution in [2.75, 3.05) is 13.2 Å². The maximum Gasteiger partial charge on any atom is 0.323 e. The second-order valence-electron chi connectivity index (χ2n) is 8.25. The van der Waals surface area contributed by atoms with Crippen molar-refractivity contribution < 1.29 is 19.4 Å². The monoisotopic (exact) mass is 496 g/mol. The number of ether oxygens (including phenoxy) is 1. The summed E-state index contributed by atoms with van der Waals surface area (Å²) in [5.74, 6) is -0.421. The molecule has 0 radical (unpaired) electrons. The van der Waals surface area contributed by atoms with Crippen LogP contribution in [0.2, 0.25) is 0 Å². The molecule has 0 fully saturated rings. The Bertz CT molecular complexity index is 1010. The Kier molecular flexibility index (Phi) is 12.3. The first-order chi connectivity index (χ1) is 16.6. The van der Waals surface area contributed by atoms with E-state index in [4.69, 9.17) is 9.84 Å². The van der Waals surface area contributed by atoms with Crippen LogP contribution in [0.5, 0.6) is 5.75 Å². The van der Waals surface area contributed by atoms with Crippen molar-refractivity contribution in [3.05, 3.63) is 95.8 Å². The van der Waals surface area contributed by atoms with Gasteiger partial charge in [-0.2, -0.15) is 0 Å². The second kappa shape index (κ2) is 15.5. The van der Waals surface area contributed by atoms with E-state index < -0.39 is 5.97 Å². The zero-order valence-corrected chi connectivity index (χ0v) is 20.7. The molecule has 0 saturated carbocycles. The van der Waals surface area contributed by atoms with Gasteiger partial charge in [-0.25, -0.2) is 0 Å². The van der Waals surface area contributed by atoms with Gasteiger partial charge < -0.3 is 14.7 Å². The summed E-state index contributed by atoms with van der Waals surface area (Å²) in [6, 6.07) is 23.7. The van der Waals surface area contributed by atoms with E-state index in [1.54, 1.807) is 18.3 Å². The number of carbonyl (C=O) groups excluding carboxylic acids is 1. The zero-order chi connectivity index (χ0) is 24.0. The Balaban J connectivity index is 0.00000432. The van der Waals surface area contributed by atoms with Crippen molar-refractivity contribution in [1.29, 1.82) is 0 Å². The van der Waals surface area contributed by atoms with Crippen LogP contribution in [-0.4, -0.2) is 40.0 Å². The number of rotatable bonds is 14. The van der Waals surface area contributed by atoms with E-state index in [1.165, 1.54) is 10.5 Å². The molecule has 0 atom stereocenters. The van der Waals surface area contributed by atoms with E-state index in [2.05, 4.69) is 29.2 Å². The third kappa shape index (κ3) is 10.6. The number of halogens is 1. The maximum absolute atomic E-state index is 12.7. The van der Waals surface area contributed by atoms with Gasteiger partial charge in [0.2, 0.25) is 5.91 Å². The van der Waals surface area contributed by atoms with E-state index in [-0.39, 0.29) is 37.8 Å². The lowest BCUT2D eigenvalue weighted by Crippen LogP contribution is -2.35. The van der Waals surface area contributed by atoms with E-state index in [0.29, 0.717) is 18.7 Å². The van der Waals surface area contributed by atoms with Crippen LogP contribution < -0.4 is 4.74 Å². The molecule has 3 rings (SSSR count). The SMILES string of the molecule is Cl.O=C(O)CN(Cc1ccccn1)C(=O)CCc1ccc(OCCCCCc2ccccc2)cc1. The molecule has 0 spiro atoms. The first-order valence-corrected chi connectivity index (χ1v) is 11.8. The second-order valence-corrected chi connectivity index (χ2v) is 8.25. The van der Waals surface area contributed by atoms with Gasteiger partial charge in [-0.05, 0) is 67.5 Å². The molecule has 2 aromatic carbocycles. The van der Waals surface area contributed by atoms with Gasteiger partial charge in [0.1, 0.15) is 12.3 Å². The summed E-state index contributed by atoms with van der Waals surface area (Å²) in [5, 5.41) is 9.17. The number of carboxylic acid groups (broad SMARTS) is 1. The van der Waals surface area contributed by atoms with Crippen LogP contribution in [0.3, 0.4) is 0 Å². The highest BCUT2D eigenvalue weighted by Gasteiger charge is 2.17. The summed E-state index contributed by atoms with van der Waals surface area (Å²) >= 11 is 0. The third-order valence-corrected chi connectivity index (χ3v) is 5.53. The zero-order valence-electron chi connectivity index (χ0n) is 19.8. The molecule has 0 aliphatic rings. The molecule has 186 valence electrons. The summed E-state index contributed by atoms with van der Waals surface area (Å²) in [5.41, 5.74) is 3.05. The number of benzene rings is 2. The third-order valence-electron chi connectivity index (χ3n) is 5.53. The number of aromatic nitrogens is 1. The Labute approximate surface area is 213 Å². The fourth-order valence-corrected chi connectivity index (χ4v) is 3.69. The van der Waals surface area contributed by atoms with Gasteiger partial charge in [-0.3, -0.25) is 14.6 Å². The fraction of sp³-hybridized carbons (Fsp3) is 0.321. The molecule has 1 aromatic heterocycles. The first-order valence-electron chi connectivity index (χ1n) is 11.8. The summed E-state index contributed by atoms with van der Waals surface area (Å²) in [4.78, 5) is 29.4. The summed E-state index contributed by atoms with van der Waals surface area (Å²) < 4.78 is 5.84. The normalized spacial score (nSPS) is 10.3. The van der Waals surface area contributed by atoms with Gasteiger partial charge in [-0.1, -0.05) is 48.5 Å². The average molecular weight is 497 g/mol. The van der Waals surface area contributed by atoms with E-state index >= 15 is 0 Å². The van der Waals surface area contributed by atoms with Crippen LogP contribution in [0.1, 0.15) is 42.5 Å². The van der Waals surface area contributed by atoms with Gasteiger partial charge in [0.05, 0.1) is 18.8 Å². The molecule has 0 bridgehead atoms. The summed E-state index contributed by atoms with van der Waals surface area (Å²) in [6.45, 7) is 0.530. The topological polar surface area (TPSA) is 79.7 Å². The number of aryl methyl sites for hydroxylation is 2. The highest BCUT2D eigenvalue weighted by atomic mass is 35.5. The van der Waals surface area contributed by atoms with Gasteiger partial charge in [0.15, 0.2) is 0 Å². The van der Waals surface area contributed by atoms with Crippen LogP contribution in [0.15, 0.2) is 79.0 Å².